The van der Waals surface area contributed by atoms with Gasteiger partial charge in [0.25, 0.3) is 0 Å². The molecule has 1 heterocycles. The number of carbonyl (C=O) groups excluding carboxylic acids is 1. The number of nitrogens with one attached hydrogen (secondary N) is 3. The van der Waals surface area contributed by atoms with E-state index in [1.54, 1.807) is 25.3 Å². The number of hydrogen-bond acceptors (Lipinski definition) is 7. The monoisotopic (exact) mass is 497 g/mol. The van der Waals surface area contributed by atoms with E-state index in [9.17, 15) is 13.2 Å². The highest BCUT2D eigenvalue weighted by Crippen LogP contribution is 2.32. The Kier molecular flexibility index (Phi) is 7.42. The molecule has 3 aromatic rings. The molecule has 184 valence electrons. The van der Waals surface area contributed by atoms with Gasteiger partial charge in [0.2, 0.25) is 15.9 Å². The lowest BCUT2D eigenvalue weighted by molar-refractivity contribution is -0.117. The summed E-state index contributed by atoms with van der Waals surface area (Å²) in [5, 5.41) is 5.98. The van der Waals surface area contributed by atoms with Crippen molar-refractivity contribution >= 4 is 33.0 Å². The predicted octanol–water partition coefficient (Wildman–Crippen LogP) is 3.91. The van der Waals surface area contributed by atoms with Gasteiger partial charge in [0, 0.05) is 29.5 Å². The van der Waals surface area contributed by atoms with Crippen LogP contribution in [0.5, 0.6) is 17.2 Å². The molecule has 0 saturated carbocycles. The van der Waals surface area contributed by atoms with E-state index >= 15 is 0 Å². The molecular formula is C25H27N3O6S. The van der Waals surface area contributed by atoms with Crippen molar-refractivity contribution in [1.82, 2.24) is 4.72 Å². The van der Waals surface area contributed by atoms with Gasteiger partial charge in [0.1, 0.15) is 5.75 Å². The number of ether oxygens (including phenoxy) is 3. The van der Waals surface area contributed by atoms with Crippen LogP contribution in [0.15, 0.2) is 71.6 Å². The first-order chi connectivity index (χ1) is 16.8. The quantitative estimate of drug-likeness (QED) is 0.432. The zero-order valence-corrected chi connectivity index (χ0v) is 20.2. The van der Waals surface area contributed by atoms with Gasteiger partial charge in [-0.2, -0.15) is 4.72 Å². The van der Waals surface area contributed by atoms with Crippen LogP contribution in [0.4, 0.5) is 17.1 Å². The van der Waals surface area contributed by atoms with E-state index in [1.165, 1.54) is 19.1 Å². The molecule has 1 unspecified atom stereocenters. The highest BCUT2D eigenvalue weighted by Gasteiger charge is 2.24. The summed E-state index contributed by atoms with van der Waals surface area (Å²) >= 11 is 0. The lowest BCUT2D eigenvalue weighted by Crippen LogP contribution is -2.41. The number of amides is 1. The molecule has 9 nitrogen and oxygen atoms in total. The largest absolute Gasteiger partial charge is 0.497 e. The SMILES string of the molecule is COc1ccc(Nc2ccc(NC(=O)C(C)NS(=O)(=O)c3ccc4c(c3)OCCCO4)cc2)cc1. The van der Waals surface area contributed by atoms with E-state index in [0.29, 0.717) is 36.8 Å². The number of carbonyl (C=O) groups is 1. The molecule has 0 aromatic heterocycles. The summed E-state index contributed by atoms with van der Waals surface area (Å²) in [6.07, 6.45) is 0.713. The van der Waals surface area contributed by atoms with Crippen LogP contribution in [0.25, 0.3) is 0 Å². The Labute approximate surface area is 204 Å². The molecule has 1 atom stereocenters. The van der Waals surface area contributed by atoms with Gasteiger partial charge in [-0.25, -0.2) is 8.42 Å². The standard InChI is InChI=1S/C25H27N3O6S/c1-17(28-35(30,31)22-12-13-23-24(16-22)34-15-3-14-33-23)25(29)27-20-6-4-18(5-7-20)26-19-8-10-21(32-2)11-9-19/h4-13,16-17,26,28H,3,14-15H2,1-2H3,(H,27,29). The summed E-state index contributed by atoms with van der Waals surface area (Å²) in [4.78, 5) is 12.6. The van der Waals surface area contributed by atoms with E-state index in [1.807, 2.05) is 36.4 Å². The van der Waals surface area contributed by atoms with Crippen molar-refractivity contribution in [2.75, 3.05) is 31.0 Å². The molecule has 10 heteroatoms. The van der Waals surface area contributed by atoms with E-state index in [4.69, 9.17) is 14.2 Å². The fraction of sp³-hybridized carbons (Fsp3) is 0.240. The Morgan fingerprint density at radius 3 is 2.14 bits per heavy atom. The molecule has 0 saturated heterocycles. The molecule has 4 rings (SSSR count). The Morgan fingerprint density at radius 2 is 1.49 bits per heavy atom. The smallest absolute Gasteiger partial charge is 0.242 e. The van der Waals surface area contributed by atoms with Crippen molar-refractivity contribution < 1.29 is 27.4 Å². The third-order valence-corrected chi connectivity index (χ3v) is 6.82. The summed E-state index contributed by atoms with van der Waals surface area (Å²) < 4.78 is 44.3. The molecule has 0 aliphatic carbocycles. The van der Waals surface area contributed by atoms with E-state index < -0.39 is 22.0 Å². The normalized spacial score (nSPS) is 13.9. The Hall–Kier alpha value is -3.76. The first kappa shape index (κ1) is 24.4. The third kappa shape index (κ3) is 6.23. The molecule has 0 bridgehead atoms. The van der Waals surface area contributed by atoms with Gasteiger partial charge >= 0.3 is 0 Å². The number of fused-ring (bicyclic) bond motifs is 1. The Morgan fingerprint density at radius 1 is 0.886 bits per heavy atom. The van der Waals surface area contributed by atoms with Crippen LogP contribution >= 0.6 is 0 Å². The number of benzene rings is 3. The molecule has 1 aliphatic heterocycles. The topological polar surface area (TPSA) is 115 Å². The third-order valence-electron chi connectivity index (χ3n) is 5.29. The number of rotatable bonds is 8. The van der Waals surface area contributed by atoms with Crippen LogP contribution in [-0.2, 0) is 14.8 Å². The minimum Gasteiger partial charge on any atom is -0.497 e. The fourth-order valence-electron chi connectivity index (χ4n) is 3.39. The van der Waals surface area contributed by atoms with Crippen LogP contribution in [0.1, 0.15) is 13.3 Å². The van der Waals surface area contributed by atoms with E-state index in [0.717, 1.165) is 17.1 Å². The fourth-order valence-corrected chi connectivity index (χ4v) is 4.61. The summed E-state index contributed by atoms with van der Waals surface area (Å²) in [7, 11) is -2.34. The van der Waals surface area contributed by atoms with Gasteiger partial charge in [-0.15, -0.1) is 0 Å². The second kappa shape index (κ2) is 10.7. The van der Waals surface area contributed by atoms with E-state index in [-0.39, 0.29) is 4.90 Å². The molecule has 3 N–H and O–H groups in total. The number of methoxy groups -OCH3 is 1. The molecular weight excluding hydrogens is 470 g/mol. The summed E-state index contributed by atoms with van der Waals surface area (Å²) in [6, 6.07) is 18.0. The van der Waals surface area contributed by atoms with Crippen LogP contribution in [0.3, 0.4) is 0 Å². The summed E-state index contributed by atoms with van der Waals surface area (Å²) in [5.74, 6) is 1.14. The number of sulfonamides is 1. The average Bonchev–Trinajstić information content (AvgIpc) is 3.10. The molecule has 0 fully saturated rings. The second-order valence-corrected chi connectivity index (χ2v) is 9.64. The zero-order valence-electron chi connectivity index (χ0n) is 19.4. The highest BCUT2D eigenvalue weighted by atomic mass is 32.2. The number of anilines is 3. The van der Waals surface area contributed by atoms with Gasteiger partial charge in [-0.1, -0.05) is 0 Å². The highest BCUT2D eigenvalue weighted by molar-refractivity contribution is 7.89. The Balaban J connectivity index is 1.35. The van der Waals surface area contributed by atoms with Crippen molar-refractivity contribution in [3.8, 4) is 17.2 Å². The summed E-state index contributed by atoms with van der Waals surface area (Å²) in [6.45, 7) is 2.43. The van der Waals surface area contributed by atoms with Crippen LogP contribution < -0.4 is 29.6 Å². The zero-order chi connectivity index (χ0) is 24.8. The van der Waals surface area contributed by atoms with E-state index in [2.05, 4.69) is 15.4 Å². The minimum atomic E-state index is -3.95. The average molecular weight is 498 g/mol. The summed E-state index contributed by atoms with van der Waals surface area (Å²) in [5.41, 5.74) is 2.26. The maximum atomic E-state index is 12.8. The molecule has 3 aromatic carbocycles. The van der Waals surface area contributed by atoms with Gasteiger partial charge in [0.15, 0.2) is 11.5 Å². The number of hydrogen-bond donors (Lipinski definition) is 3. The second-order valence-electron chi connectivity index (χ2n) is 7.92. The lowest BCUT2D eigenvalue weighted by Gasteiger charge is -2.16. The maximum Gasteiger partial charge on any atom is 0.242 e. The molecule has 1 amide bonds. The molecule has 1 aliphatic rings. The van der Waals surface area contributed by atoms with Crippen molar-refractivity contribution in [2.45, 2.75) is 24.3 Å². The first-order valence-corrected chi connectivity index (χ1v) is 12.6. The molecule has 0 radical (unpaired) electrons. The lowest BCUT2D eigenvalue weighted by atomic mass is 10.2. The van der Waals surface area contributed by atoms with Gasteiger partial charge in [-0.3, -0.25) is 4.79 Å². The van der Waals surface area contributed by atoms with Crippen molar-refractivity contribution in [1.29, 1.82) is 0 Å². The van der Waals surface area contributed by atoms with Crippen molar-refractivity contribution in [2.24, 2.45) is 0 Å². The van der Waals surface area contributed by atoms with Gasteiger partial charge in [-0.05, 0) is 67.6 Å². The molecule has 0 spiro atoms. The maximum absolute atomic E-state index is 12.8. The first-order valence-electron chi connectivity index (χ1n) is 11.1. The van der Waals surface area contributed by atoms with Crippen molar-refractivity contribution in [3.63, 3.8) is 0 Å². The van der Waals surface area contributed by atoms with Gasteiger partial charge < -0.3 is 24.8 Å². The van der Waals surface area contributed by atoms with Crippen LogP contribution in [0, 0.1) is 0 Å². The Bertz CT molecular complexity index is 1280. The minimum absolute atomic E-state index is 0.00430. The van der Waals surface area contributed by atoms with Crippen LogP contribution in [0.2, 0.25) is 0 Å². The predicted molar refractivity (Wildman–Crippen MR) is 133 cm³/mol. The van der Waals surface area contributed by atoms with Gasteiger partial charge in [0.05, 0.1) is 31.3 Å². The van der Waals surface area contributed by atoms with Crippen LogP contribution in [-0.4, -0.2) is 40.7 Å². The van der Waals surface area contributed by atoms with Crippen molar-refractivity contribution in [3.05, 3.63) is 66.7 Å². The molecule has 35 heavy (non-hydrogen) atoms.